The topological polar surface area (TPSA) is 25.8 Å². The van der Waals surface area contributed by atoms with Gasteiger partial charge in [0, 0.05) is 18.9 Å². The van der Waals surface area contributed by atoms with Crippen molar-refractivity contribution in [3.63, 3.8) is 0 Å². The standard InChI is InChI=1S/C2H2N2S.S/c1-2-5-4-3-1;/h1-2H;. The van der Waals surface area contributed by atoms with Gasteiger partial charge < -0.3 is 0 Å². The van der Waals surface area contributed by atoms with Gasteiger partial charge in [-0.3, -0.25) is 0 Å². The van der Waals surface area contributed by atoms with Gasteiger partial charge in [0.15, 0.2) is 0 Å². The molecule has 0 aliphatic heterocycles. The summed E-state index contributed by atoms with van der Waals surface area (Å²) in [6.07, 6.45) is 1.66. The van der Waals surface area contributed by atoms with Crippen LogP contribution >= 0.6 is 25.0 Å². The predicted molar refractivity (Wildman–Crippen MR) is 27.5 cm³/mol. The summed E-state index contributed by atoms with van der Waals surface area (Å²) in [6.45, 7) is 0. The minimum atomic E-state index is 0. The molecule has 0 aliphatic rings. The molecule has 2 nitrogen and oxygen atoms in total. The highest BCUT2D eigenvalue weighted by Crippen LogP contribution is 1.78. The van der Waals surface area contributed by atoms with Gasteiger partial charge in [-0.1, -0.05) is 4.49 Å². The van der Waals surface area contributed by atoms with Crippen LogP contribution in [0.3, 0.4) is 0 Å². The Bertz CT molecular complexity index is 66.0. The molecule has 0 N–H and O–H groups in total. The Balaban J connectivity index is 0.000000250. The first kappa shape index (κ1) is 5.91. The van der Waals surface area contributed by atoms with Crippen LogP contribution in [0.5, 0.6) is 0 Å². The first-order chi connectivity index (χ1) is 2.50. The number of hydrogen-bond acceptors (Lipinski definition) is 3. The van der Waals surface area contributed by atoms with Gasteiger partial charge in [0.05, 0.1) is 6.20 Å². The lowest BCUT2D eigenvalue weighted by Crippen LogP contribution is -1.51. The van der Waals surface area contributed by atoms with Crippen molar-refractivity contribution in [3.8, 4) is 0 Å². The smallest absolute Gasteiger partial charge is 0.0620 e. The van der Waals surface area contributed by atoms with Crippen molar-refractivity contribution in [3.05, 3.63) is 11.6 Å². The Hall–Kier alpha value is -0.0900. The fourth-order valence-corrected chi connectivity index (χ4v) is 0.408. The molecule has 1 heterocycles. The molecule has 0 aliphatic carbocycles. The first-order valence-corrected chi connectivity index (χ1v) is 2.05. The fraction of sp³-hybridized carbons (Fsp3) is 0. The third kappa shape index (κ3) is 1.37. The van der Waals surface area contributed by atoms with Crippen molar-refractivity contribution in [1.29, 1.82) is 0 Å². The van der Waals surface area contributed by atoms with Crippen molar-refractivity contribution < 1.29 is 0 Å². The predicted octanol–water partition coefficient (Wildman–Crippen LogP) is 1.19. The molecule has 6 heavy (non-hydrogen) atoms. The molecule has 0 amide bonds. The van der Waals surface area contributed by atoms with Crippen molar-refractivity contribution in [2.45, 2.75) is 0 Å². The van der Waals surface area contributed by atoms with Crippen molar-refractivity contribution in [2.24, 2.45) is 0 Å². The molecule has 0 aromatic carbocycles. The number of aromatic nitrogens is 2. The largest absolute Gasteiger partial charge is 0.147 e. The lowest BCUT2D eigenvalue weighted by atomic mass is 11.1. The summed E-state index contributed by atoms with van der Waals surface area (Å²) < 4.78 is 3.51. The normalized spacial score (nSPS) is 6.67. The van der Waals surface area contributed by atoms with E-state index in [1.54, 1.807) is 6.20 Å². The Labute approximate surface area is 46.8 Å². The van der Waals surface area contributed by atoms with E-state index in [2.05, 4.69) is 9.59 Å². The van der Waals surface area contributed by atoms with Gasteiger partial charge in [0.1, 0.15) is 0 Å². The molecule has 2 radical (unpaired) electrons. The molecule has 0 saturated carbocycles. The van der Waals surface area contributed by atoms with Crippen LogP contribution in [0.2, 0.25) is 0 Å². The third-order valence-corrected chi connectivity index (χ3v) is 0.715. The van der Waals surface area contributed by atoms with E-state index in [0.29, 0.717) is 0 Å². The van der Waals surface area contributed by atoms with Crippen LogP contribution in [0.1, 0.15) is 0 Å². The Morgan fingerprint density at radius 2 is 2.33 bits per heavy atom. The van der Waals surface area contributed by atoms with Crippen LogP contribution in [0.15, 0.2) is 11.6 Å². The maximum Gasteiger partial charge on any atom is 0.0620 e. The van der Waals surface area contributed by atoms with Crippen molar-refractivity contribution in [1.82, 2.24) is 9.59 Å². The average Bonchev–Trinajstić information content (AvgIpc) is 1.76. The van der Waals surface area contributed by atoms with Gasteiger partial charge in [-0.2, -0.15) is 0 Å². The SMILES string of the molecule is [S].c1csnn1. The van der Waals surface area contributed by atoms with Crippen LogP contribution in [-0.4, -0.2) is 9.59 Å². The maximum absolute atomic E-state index is 3.51. The van der Waals surface area contributed by atoms with Crippen LogP contribution in [0.4, 0.5) is 0 Å². The van der Waals surface area contributed by atoms with E-state index >= 15 is 0 Å². The van der Waals surface area contributed by atoms with Crippen LogP contribution in [0, 0.1) is 0 Å². The molecule has 0 bridgehead atoms. The van der Waals surface area contributed by atoms with Gasteiger partial charge in [-0.05, 0) is 11.5 Å². The Kier molecular flexibility index (Phi) is 3.07. The summed E-state index contributed by atoms with van der Waals surface area (Å²) in [5.74, 6) is 0. The number of hydrogen-bond donors (Lipinski definition) is 0. The second-order valence-electron chi connectivity index (χ2n) is 0.588. The molecular formula is C2H2N2S2. The summed E-state index contributed by atoms with van der Waals surface area (Å²) in [4.78, 5) is 0. The van der Waals surface area contributed by atoms with E-state index in [1.165, 1.54) is 11.5 Å². The summed E-state index contributed by atoms with van der Waals surface area (Å²) in [5, 5.41) is 5.31. The summed E-state index contributed by atoms with van der Waals surface area (Å²) in [5.41, 5.74) is 0. The highest BCUT2D eigenvalue weighted by atomic mass is 32.1. The van der Waals surface area contributed by atoms with E-state index in [0.717, 1.165) is 0 Å². The van der Waals surface area contributed by atoms with Crippen LogP contribution < -0.4 is 0 Å². The van der Waals surface area contributed by atoms with E-state index in [4.69, 9.17) is 0 Å². The Morgan fingerprint density at radius 1 is 1.50 bits per heavy atom. The van der Waals surface area contributed by atoms with E-state index in [1.807, 2.05) is 5.38 Å². The van der Waals surface area contributed by atoms with Crippen molar-refractivity contribution >= 4 is 25.0 Å². The molecule has 4 heteroatoms. The second-order valence-corrected chi connectivity index (χ2v) is 1.23. The molecule has 0 atom stereocenters. The quantitative estimate of drug-likeness (QED) is 0.511. The van der Waals surface area contributed by atoms with Crippen molar-refractivity contribution in [2.75, 3.05) is 0 Å². The molecule has 1 aromatic heterocycles. The fourth-order valence-electron chi connectivity index (χ4n) is 0.136. The molecular weight excluding hydrogens is 116 g/mol. The van der Waals surface area contributed by atoms with E-state index < -0.39 is 0 Å². The maximum atomic E-state index is 3.51. The van der Waals surface area contributed by atoms with Gasteiger partial charge in [0.25, 0.3) is 0 Å². The zero-order valence-electron chi connectivity index (χ0n) is 2.87. The molecule has 32 valence electrons. The van der Waals surface area contributed by atoms with Gasteiger partial charge in [-0.15, -0.1) is 5.10 Å². The molecule has 0 unspecified atom stereocenters. The number of nitrogens with zero attached hydrogens (tertiary/aromatic N) is 2. The van der Waals surface area contributed by atoms with Crippen LogP contribution in [-0.2, 0) is 0 Å². The zero-order valence-corrected chi connectivity index (χ0v) is 4.50. The van der Waals surface area contributed by atoms with Gasteiger partial charge in [-0.25, -0.2) is 0 Å². The molecule has 0 fully saturated rings. The zero-order chi connectivity index (χ0) is 3.54. The minimum absolute atomic E-state index is 0. The molecule has 0 saturated heterocycles. The molecule has 0 spiro atoms. The minimum Gasteiger partial charge on any atom is -0.147 e. The lowest BCUT2D eigenvalue weighted by molar-refractivity contribution is 1.16. The van der Waals surface area contributed by atoms with E-state index in [9.17, 15) is 0 Å². The second kappa shape index (κ2) is 3.11. The lowest BCUT2D eigenvalue weighted by Gasteiger charge is -1.40. The van der Waals surface area contributed by atoms with E-state index in [-0.39, 0.29) is 13.5 Å². The Morgan fingerprint density at radius 3 is 2.50 bits per heavy atom. The van der Waals surface area contributed by atoms with Gasteiger partial charge in [0.2, 0.25) is 0 Å². The van der Waals surface area contributed by atoms with Crippen LogP contribution in [0.25, 0.3) is 0 Å². The highest BCUT2D eigenvalue weighted by Gasteiger charge is 1.61. The van der Waals surface area contributed by atoms with Gasteiger partial charge >= 0.3 is 0 Å². The summed E-state index contributed by atoms with van der Waals surface area (Å²) >= 11 is 1.35. The third-order valence-electron chi connectivity index (χ3n) is 0.283. The highest BCUT2D eigenvalue weighted by molar-refractivity contribution is 7.59. The summed E-state index contributed by atoms with van der Waals surface area (Å²) in [7, 11) is 0. The first-order valence-electron chi connectivity index (χ1n) is 1.21. The summed E-state index contributed by atoms with van der Waals surface area (Å²) in [6, 6.07) is 0. The molecule has 1 rings (SSSR count). The number of rotatable bonds is 0. The molecule has 1 aromatic rings. The average molecular weight is 118 g/mol. The monoisotopic (exact) mass is 118 g/mol.